The number of hydrogen-bond acceptors (Lipinski definition) is 3. The van der Waals surface area contributed by atoms with Gasteiger partial charge in [-0.1, -0.05) is 18.2 Å². The summed E-state index contributed by atoms with van der Waals surface area (Å²) in [6.07, 6.45) is 2.86. The number of halogens is 3. The smallest absolute Gasteiger partial charge is 0.387 e. The quantitative estimate of drug-likeness (QED) is 0.634. The summed E-state index contributed by atoms with van der Waals surface area (Å²) in [5.74, 6) is -0.542. The first-order valence-electron chi connectivity index (χ1n) is 8.28. The second kappa shape index (κ2) is 9.66. The first kappa shape index (κ1) is 20.4. The van der Waals surface area contributed by atoms with E-state index in [0.717, 1.165) is 0 Å². The van der Waals surface area contributed by atoms with Gasteiger partial charge in [0.25, 0.3) is 0 Å². The highest BCUT2D eigenvalue weighted by molar-refractivity contribution is 5.91. The minimum absolute atomic E-state index is 0.0596. The van der Waals surface area contributed by atoms with Gasteiger partial charge in [0, 0.05) is 19.7 Å². The van der Waals surface area contributed by atoms with Crippen molar-refractivity contribution in [3.63, 3.8) is 0 Å². The zero-order valence-electron chi connectivity index (χ0n) is 15.0. The molecule has 0 saturated heterocycles. The molecule has 0 spiro atoms. The van der Waals surface area contributed by atoms with Crippen LogP contribution in [0, 0.1) is 5.82 Å². The van der Waals surface area contributed by atoms with Crippen LogP contribution >= 0.6 is 0 Å². The third kappa shape index (κ3) is 6.36. The largest absolute Gasteiger partial charge is 0.490 e. The van der Waals surface area contributed by atoms with E-state index in [4.69, 9.17) is 4.74 Å². The lowest BCUT2D eigenvalue weighted by atomic mass is 10.1. The fourth-order valence-electron chi connectivity index (χ4n) is 2.37. The van der Waals surface area contributed by atoms with Gasteiger partial charge in [-0.25, -0.2) is 4.39 Å². The number of alkyl halides is 2. The first-order chi connectivity index (χ1) is 12.9. The van der Waals surface area contributed by atoms with E-state index in [2.05, 4.69) is 4.74 Å². The van der Waals surface area contributed by atoms with Gasteiger partial charge in [0.2, 0.25) is 5.91 Å². The highest BCUT2D eigenvalue weighted by Crippen LogP contribution is 2.30. The fraction of sp³-hybridized carbons (Fsp3) is 0.250. The first-order valence-corrected chi connectivity index (χ1v) is 8.28. The van der Waals surface area contributed by atoms with Gasteiger partial charge in [-0.3, -0.25) is 4.79 Å². The van der Waals surface area contributed by atoms with E-state index in [1.165, 1.54) is 35.3 Å². The van der Waals surface area contributed by atoms with Crippen LogP contribution in [0.15, 0.2) is 48.5 Å². The molecule has 0 saturated carbocycles. The number of carbonyl (C=O) groups excluding carboxylic acids is 1. The Kier molecular flexibility index (Phi) is 7.28. The van der Waals surface area contributed by atoms with Crippen LogP contribution in [0.3, 0.4) is 0 Å². The fourth-order valence-corrected chi connectivity index (χ4v) is 2.37. The highest BCUT2D eigenvalue weighted by Gasteiger charge is 2.13. The third-order valence-corrected chi connectivity index (χ3v) is 3.59. The number of benzene rings is 2. The van der Waals surface area contributed by atoms with Gasteiger partial charge in [-0.05, 0) is 48.4 Å². The molecule has 0 unspecified atom stereocenters. The zero-order valence-corrected chi connectivity index (χ0v) is 15.0. The molecule has 0 fully saturated rings. The van der Waals surface area contributed by atoms with E-state index in [1.54, 1.807) is 38.2 Å². The molecule has 144 valence electrons. The minimum Gasteiger partial charge on any atom is -0.490 e. The van der Waals surface area contributed by atoms with Crippen LogP contribution in [0.1, 0.15) is 18.1 Å². The van der Waals surface area contributed by atoms with Crippen molar-refractivity contribution in [2.24, 2.45) is 0 Å². The van der Waals surface area contributed by atoms with E-state index < -0.39 is 6.61 Å². The van der Waals surface area contributed by atoms with Crippen molar-refractivity contribution >= 4 is 12.0 Å². The molecule has 0 N–H and O–H groups in total. The van der Waals surface area contributed by atoms with E-state index >= 15 is 0 Å². The average molecular weight is 379 g/mol. The molecule has 2 aromatic rings. The van der Waals surface area contributed by atoms with Crippen molar-refractivity contribution in [1.82, 2.24) is 4.90 Å². The summed E-state index contributed by atoms with van der Waals surface area (Å²) in [5.41, 5.74) is 1.26. The molecular weight excluding hydrogens is 359 g/mol. The van der Waals surface area contributed by atoms with E-state index in [-0.39, 0.29) is 36.4 Å². The topological polar surface area (TPSA) is 38.8 Å². The molecule has 27 heavy (non-hydrogen) atoms. The van der Waals surface area contributed by atoms with Crippen molar-refractivity contribution in [1.29, 1.82) is 0 Å². The van der Waals surface area contributed by atoms with Crippen LogP contribution in [-0.2, 0) is 11.3 Å². The zero-order chi connectivity index (χ0) is 19.8. The second-order valence-electron chi connectivity index (χ2n) is 5.68. The Morgan fingerprint density at radius 1 is 1.19 bits per heavy atom. The molecule has 2 aromatic carbocycles. The molecule has 0 atom stereocenters. The Balaban J connectivity index is 2.06. The third-order valence-electron chi connectivity index (χ3n) is 3.59. The SMILES string of the molecule is CCOc1cc(CN(C)C(=O)/C=C/c2cccc(F)c2)ccc1OC(F)F. The molecule has 0 aliphatic carbocycles. The highest BCUT2D eigenvalue weighted by atomic mass is 19.3. The van der Waals surface area contributed by atoms with E-state index in [9.17, 15) is 18.0 Å². The van der Waals surface area contributed by atoms with Gasteiger partial charge in [-0.2, -0.15) is 8.78 Å². The Labute approximate surface area is 155 Å². The minimum atomic E-state index is -2.95. The number of nitrogens with zero attached hydrogens (tertiary/aromatic N) is 1. The number of likely N-dealkylation sites (N-methyl/N-ethyl adjacent to an activating group) is 1. The molecule has 0 aromatic heterocycles. The number of amides is 1. The Morgan fingerprint density at radius 2 is 1.96 bits per heavy atom. The molecule has 0 aliphatic heterocycles. The van der Waals surface area contributed by atoms with Crippen LogP contribution in [-0.4, -0.2) is 31.1 Å². The number of rotatable bonds is 8. The standard InChI is InChI=1S/C20H20F3NO3/c1-3-26-18-12-15(7-9-17(18)27-20(22)23)13-24(2)19(25)10-8-14-5-4-6-16(21)11-14/h4-12,20H,3,13H2,1-2H3/b10-8+. The van der Waals surface area contributed by atoms with Crippen molar-refractivity contribution in [3.05, 3.63) is 65.5 Å². The summed E-state index contributed by atoms with van der Waals surface area (Å²) in [5, 5.41) is 0. The van der Waals surface area contributed by atoms with Crippen molar-refractivity contribution in [2.45, 2.75) is 20.1 Å². The molecular formula is C20H20F3NO3. The number of carbonyl (C=O) groups is 1. The lowest BCUT2D eigenvalue weighted by Crippen LogP contribution is -2.24. The summed E-state index contributed by atoms with van der Waals surface area (Å²) in [4.78, 5) is 13.7. The predicted molar refractivity (Wildman–Crippen MR) is 96.2 cm³/mol. The Bertz CT molecular complexity index is 809. The van der Waals surface area contributed by atoms with E-state index in [0.29, 0.717) is 11.1 Å². The predicted octanol–water partition coefficient (Wildman–Crippen LogP) is 4.50. The maximum Gasteiger partial charge on any atom is 0.387 e. The molecule has 0 heterocycles. The van der Waals surface area contributed by atoms with Gasteiger partial charge < -0.3 is 14.4 Å². The van der Waals surface area contributed by atoms with Crippen LogP contribution < -0.4 is 9.47 Å². The monoisotopic (exact) mass is 379 g/mol. The summed E-state index contributed by atoms with van der Waals surface area (Å²) >= 11 is 0. The lowest BCUT2D eigenvalue weighted by Gasteiger charge is -2.17. The van der Waals surface area contributed by atoms with Gasteiger partial charge in [-0.15, -0.1) is 0 Å². The molecule has 4 nitrogen and oxygen atoms in total. The molecule has 7 heteroatoms. The summed E-state index contributed by atoms with van der Waals surface area (Å²) in [7, 11) is 1.60. The summed E-state index contributed by atoms with van der Waals surface area (Å²) in [6, 6.07) is 10.4. The number of hydrogen-bond donors (Lipinski definition) is 0. The molecule has 0 bridgehead atoms. The maximum atomic E-state index is 13.2. The molecule has 2 rings (SSSR count). The average Bonchev–Trinajstić information content (AvgIpc) is 2.61. The lowest BCUT2D eigenvalue weighted by molar-refractivity contribution is -0.125. The van der Waals surface area contributed by atoms with Crippen molar-refractivity contribution in [2.75, 3.05) is 13.7 Å². The Hall–Kier alpha value is -2.96. The van der Waals surface area contributed by atoms with Gasteiger partial charge in [0.1, 0.15) is 5.82 Å². The van der Waals surface area contributed by atoms with E-state index in [1.807, 2.05) is 0 Å². The number of ether oxygens (including phenoxy) is 2. The van der Waals surface area contributed by atoms with Crippen LogP contribution in [0.5, 0.6) is 11.5 Å². The summed E-state index contributed by atoms with van der Waals surface area (Å²) < 4.78 is 47.8. The van der Waals surface area contributed by atoms with Crippen LogP contribution in [0.25, 0.3) is 6.08 Å². The normalized spacial score (nSPS) is 11.0. The van der Waals surface area contributed by atoms with Crippen molar-refractivity contribution in [3.8, 4) is 11.5 Å². The van der Waals surface area contributed by atoms with Crippen LogP contribution in [0.2, 0.25) is 0 Å². The molecule has 1 amide bonds. The van der Waals surface area contributed by atoms with Crippen molar-refractivity contribution < 1.29 is 27.4 Å². The molecule has 0 aliphatic rings. The second-order valence-corrected chi connectivity index (χ2v) is 5.68. The summed E-state index contributed by atoms with van der Waals surface area (Å²) in [6.45, 7) is -0.700. The van der Waals surface area contributed by atoms with Gasteiger partial charge in [0.05, 0.1) is 6.61 Å². The molecule has 0 radical (unpaired) electrons. The van der Waals surface area contributed by atoms with Gasteiger partial charge in [0.15, 0.2) is 11.5 Å². The Morgan fingerprint density at radius 3 is 2.63 bits per heavy atom. The van der Waals surface area contributed by atoms with Crippen LogP contribution in [0.4, 0.5) is 13.2 Å². The maximum absolute atomic E-state index is 13.2. The van der Waals surface area contributed by atoms with Gasteiger partial charge >= 0.3 is 6.61 Å².